The second-order valence-electron chi connectivity index (χ2n) is 6.49. The first-order valence-electron chi connectivity index (χ1n) is 8.31. The number of furan rings is 1. The molecule has 2 aromatic carbocycles. The molecule has 6 heteroatoms. The Morgan fingerprint density at radius 2 is 1.85 bits per heavy atom. The van der Waals surface area contributed by atoms with Gasteiger partial charge in [0, 0.05) is 15.4 Å². The monoisotopic (exact) mass is 426 g/mol. The second kappa shape index (κ2) is 6.39. The molecule has 0 bridgehead atoms. The zero-order valence-electron chi connectivity index (χ0n) is 14.6. The molecule has 0 atom stereocenters. The number of benzene rings is 2. The lowest BCUT2D eigenvalue weighted by molar-refractivity contribution is -0.136. The number of hydrogen-bond acceptors (Lipinski definition) is 4. The molecule has 0 aliphatic carbocycles. The van der Waals surface area contributed by atoms with E-state index < -0.39 is 11.6 Å². The summed E-state index contributed by atoms with van der Waals surface area (Å²) in [6.07, 6.45) is 1.29. The topological polar surface area (TPSA) is 80.7 Å². The molecule has 0 amide bonds. The van der Waals surface area contributed by atoms with Gasteiger partial charge < -0.3 is 13.9 Å². The van der Waals surface area contributed by atoms with Gasteiger partial charge in [-0.05, 0) is 48.7 Å². The number of carboxylic acid groups (broad SMARTS) is 1. The lowest BCUT2D eigenvalue weighted by Gasteiger charge is -2.09. The average molecular weight is 427 g/mol. The van der Waals surface area contributed by atoms with Crippen molar-refractivity contribution >= 4 is 43.8 Å². The Hall–Kier alpha value is -2.86. The standard InChI is InChI=1S/C21H15BrO5/c1-10-7-16-19(11(2)14(8-17(23)24)21(25)27-16)20-18(10)15(9-26-20)12-3-5-13(22)6-4-12/h3-7,9H,8H2,1-2H3,(H,23,24). The first-order chi connectivity index (χ1) is 12.9. The zero-order chi connectivity index (χ0) is 19.3. The quantitative estimate of drug-likeness (QED) is 0.454. The highest BCUT2D eigenvalue weighted by molar-refractivity contribution is 9.10. The van der Waals surface area contributed by atoms with Gasteiger partial charge in [0.05, 0.1) is 23.6 Å². The Bertz CT molecular complexity index is 1260. The summed E-state index contributed by atoms with van der Waals surface area (Å²) in [5.74, 6) is -1.08. The molecule has 0 radical (unpaired) electrons. The Balaban J connectivity index is 2.08. The molecule has 1 N–H and O–H groups in total. The lowest BCUT2D eigenvalue weighted by Crippen LogP contribution is -2.15. The maximum Gasteiger partial charge on any atom is 0.340 e. The molecule has 2 aromatic heterocycles. The van der Waals surface area contributed by atoms with Crippen LogP contribution in [0.2, 0.25) is 0 Å². The molecule has 4 aromatic rings. The van der Waals surface area contributed by atoms with Crippen LogP contribution in [-0.4, -0.2) is 11.1 Å². The summed E-state index contributed by atoms with van der Waals surface area (Å²) in [7, 11) is 0. The molecule has 136 valence electrons. The number of rotatable bonds is 3. The van der Waals surface area contributed by atoms with Crippen LogP contribution in [0.3, 0.4) is 0 Å². The molecule has 5 nitrogen and oxygen atoms in total. The average Bonchev–Trinajstić information content (AvgIpc) is 3.04. The van der Waals surface area contributed by atoms with Crippen molar-refractivity contribution in [3.63, 3.8) is 0 Å². The van der Waals surface area contributed by atoms with E-state index in [0.717, 1.165) is 26.5 Å². The number of aryl methyl sites for hydroxylation is 2. The SMILES string of the molecule is Cc1cc2oc(=O)c(CC(=O)O)c(C)c2c2occ(-c3ccc(Br)cc3)c12. The Labute approximate surface area is 162 Å². The molecule has 0 saturated carbocycles. The Morgan fingerprint density at radius 1 is 1.15 bits per heavy atom. The van der Waals surface area contributed by atoms with Crippen LogP contribution in [0.15, 0.2) is 54.7 Å². The molecule has 0 spiro atoms. The molecule has 0 aliphatic rings. The molecule has 4 rings (SSSR count). The highest BCUT2D eigenvalue weighted by atomic mass is 79.9. The van der Waals surface area contributed by atoms with Crippen molar-refractivity contribution in [3.05, 3.63) is 68.2 Å². The van der Waals surface area contributed by atoms with Crippen molar-refractivity contribution < 1.29 is 18.7 Å². The highest BCUT2D eigenvalue weighted by Gasteiger charge is 2.21. The van der Waals surface area contributed by atoms with Gasteiger partial charge in [-0.25, -0.2) is 4.79 Å². The van der Waals surface area contributed by atoms with Gasteiger partial charge in [0.2, 0.25) is 0 Å². The zero-order valence-corrected chi connectivity index (χ0v) is 16.2. The van der Waals surface area contributed by atoms with E-state index >= 15 is 0 Å². The Morgan fingerprint density at radius 3 is 2.52 bits per heavy atom. The van der Waals surface area contributed by atoms with E-state index in [2.05, 4.69) is 15.9 Å². The third-order valence-electron chi connectivity index (χ3n) is 4.77. The van der Waals surface area contributed by atoms with Crippen LogP contribution in [0.5, 0.6) is 0 Å². The minimum Gasteiger partial charge on any atom is -0.481 e. The second-order valence-corrected chi connectivity index (χ2v) is 7.41. The molecule has 0 aliphatic heterocycles. The number of carboxylic acids is 1. The Kier molecular flexibility index (Phi) is 4.15. The number of hydrogen-bond donors (Lipinski definition) is 1. The van der Waals surface area contributed by atoms with Gasteiger partial charge in [-0.15, -0.1) is 0 Å². The molecule has 0 fully saturated rings. The highest BCUT2D eigenvalue weighted by Crippen LogP contribution is 2.39. The smallest absolute Gasteiger partial charge is 0.340 e. The fourth-order valence-electron chi connectivity index (χ4n) is 3.49. The molecule has 0 saturated heterocycles. The molecule has 0 unspecified atom stereocenters. The summed E-state index contributed by atoms with van der Waals surface area (Å²) in [6, 6.07) is 9.70. The minimum atomic E-state index is -1.08. The van der Waals surface area contributed by atoms with Gasteiger partial charge in [-0.2, -0.15) is 0 Å². The summed E-state index contributed by atoms with van der Waals surface area (Å²) in [4.78, 5) is 23.4. The van der Waals surface area contributed by atoms with E-state index in [1.54, 1.807) is 19.3 Å². The van der Waals surface area contributed by atoms with Crippen molar-refractivity contribution in [2.24, 2.45) is 0 Å². The van der Waals surface area contributed by atoms with E-state index in [9.17, 15) is 9.59 Å². The van der Waals surface area contributed by atoms with E-state index in [1.165, 1.54) is 0 Å². The van der Waals surface area contributed by atoms with Crippen molar-refractivity contribution in [3.8, 4) is 11.1 Å². The van der Waals surface area contributed by atoms with Crippen LogP contribution in [0.25, 0.3) is 33.1 Å². The third-order valence-corrected chi connectivity index (χ3v) is 5.30. The van der Waals surface area contributed by atoms with Gasteiger partial charge >= 0.3 is 11.6 Å². The van der Waals surface area contributed by atoms with Crippen molar-refractivity contribution in [2.75, 3.05) is 0 Å². The van der Waals surface area contributed by atoms with Gasteiger partial charge in [-0.1, -0.05) is 28.1 Å². The largest absolute Gasteiger partial charge is 0.481 e. The van der Waals surface area contributed by atoms with E-state index in [4.69, 9.17) is 13.9 Å². The van der Waals surface area contributed by atoms with Gasteiger partial charge in [0.15, 0.2) is 0 Å². The summed E-state index contributed by atoms with van der Waals surface area (Å²) in [6.45, 7) is 3.66. The van der Waals surface area contributed by atoms with Crippen LogP contribution >= 0.6 is 15.9 Å². The molecular formula is C21H15BrO5. The van der Waals surface area contributed by atoms with Gasteiger partial charge in [0.1, 0.15) is 11.2 Å². The summed E-state index contributed by atoms with van der Waals surface area (Å²) in [5.41, 5.74) is 3.93. The van der Waals surface area contributed by atoms with Gasteiger partial charge in [-0.3, -0.25) is 4.79 Å². The normalized spacial score (nSPS) is 11.4. The summed E-state index contributed by atoms with van der Waals surface area (Å²) >= 11 is 3.44. The fraction of sp³-hybridized carbons (Fsp3) is 0.143. The van der Waals surface area contributed by atoms with Gasteiger partial charge in [0.25, 0.3) is 0 Å². The maximum atomic E-state index is 12.2. The number of carbonyl (C=O) groups is 1. The van der Waals surface area contributed by atoms with Crippen LogP contribution < -0.4 is 5.63 Å². The summed E-state index contributed by atoms with van der Waals surface area (Å²) < 4.78 is 12.3. The van der Waals surface area contributed by atoms with Crippen molar-refractivity contribution in [1.29, 1.82) is 0 Å². The van der Waals surface area contributed by atoms with E-state index in [-0.39, 0.29) is 12.0 Å². The van der Waals surface area contributed by atoms with Crippen LogP contribution in [-0.2, 0) is 11.2 Å². The fourth-order valence-corrected chi connectivity index (χ4v) is 3.75. The molecule has 27 heavy (non-hydrogen) atoms. The predicted octanol–water partition coefficient (Wildman–Crippen LogP) is 5.21. The first-order valence-corrected chi connectivity index (χ1v) is 9.11. The van der Waals surface area contributed by atoms with E-state index in [0.29, 0.717) is 22.1 Å². The maximum absolute atomic E-state index is 12.2. The van der Waals surface area contributed by atoms with Crippen molar-refractivity contribution in [2.45, 2.75) is 20.3 Å². The summed E-state index contributed by atoms with van der Waals surface area (Å²) in [5, 5.41) is 10.7. The third kappa shape index (κ3) is 2.86. The van der Waals surface area contributed by atoms with Crippen LogP contribution in [0.4, 0.5) is 0 Å². The predicted molar refractivity (Wildman–Crippen MR) is 106 cm³/mol. The first kappa shape index (κ1) is 17.5. The molecule has 2 heterocycles. The molecular weight excluding hydrogens is 412 g/mol. The number of aliphatic carboxylic acids is 1. The van der Waals surface area contributed by atoms with Crippen LogP contribution in [0.1, 0.15) is 16.7 Å². The van der Waals surface area contributed by atoms with E-state index in [1.807, 2.05) is 31.2 Å². The lowest BCUT2D eigenvalue weighted by atomic mass is 9.96. The van der Waals surface area contributed by atoms with Crippen molar-refractivity contribution in [1.82, 2.24) is 0 Å². The number of fused-ring (bicyclic) bond motifs is 3. The minimum absolute atomic E-state index is 0.141. The number of halogens is 1. The van der Waals surface area contributed by atoms with Crippen LogP contribution in [0, 0.1) is 13.8 Å².